The molecule has 4 aliphatic rings. The molecule has 4 aliphatic carbocycles. The minimum Gasteiger partial charge on any atom is -0.264 e. The highest BCUT2D eigenvalue weighted by atomic mass is 14.9. The van der Waals surface area contributed by atoms with Gasteiger partial charge in [-0.3, -0.25) is 4.98 Å². The number of fused-ring (bicyclic) bond motifs is 2. The van der Waals surface area contributed by atoms with Crippen LogP contribution in [0, 0.1) is 11.8 Å². The monoisotopic (exact) mass is 641 g/mol. The van der Waals surface area contributed by atoms with E-state index in [-0.39, 0.29) is 0 Å². The SMILES string of the molecule is C=C/C=C\c1cccc(-c2ccc(-c3nc(C4=CCCC(C5=C6C=CC7=C(C=C=C7)[C@@H]65)C4)cc(-c4ccc(-c5cccnc5)cc4)n3)cc2)c1. The van der Waals surface area contributed by atoms with E-state index in [4.69, 9.17) is 9.97 Å². The summed E-state index contributed by atoms with van der Waals surface area (Å²) >= 11 is 0. The second-order valence-corrected chi connectivity index (χ2v) is 13.3. The third-order valence-corrected chi connectivity index (χ3v) is 10.3. The molecule has 0 saturated heterocycles. The lowest BCUT2D eigenvalue weighted by molar-refractivity contribution is 0.563. The summed E-state index contributed by atoms with van der Waals surface area (Å²) in [4.78, 5) is 14.7. The molecule has 238 valence electrons. The van der Waals surface area contributed by atoms with Crippen molar-refractivity contribution in [3.63, 3.8) is 0 Å². The van der Waals surface area contributed by atoms with Gasteiger partial charge in [-0.1, -0.05) is 121 Å². The van der Waals surface area contributed by atoms with Gasteiger partial charge >= 0.3 is 0 Å². The van der Waals surface area contributed by atoms with E-state index in [1.807, 2.05) is 18.3 Å². The summed E-state index contributed by atoms with van der Waals surface area (Å²) < 4.78 is 0. The van der Waals surface area contributed by atoms with E-state index in [0.717, 1.165) is 63.4 Å². The molecule has 9 rings (SSSR count). The van der Waals surface area contributed by atoms with Gasteiger partial charge in [0, 0.05) is 29.4 Å². The minimum absolute atomic E-state index is 0.484. The first kappa shape index (κ1) is 29.9. The first-order valence-corrected chi connectivity index (χ1v) is 17.4. The maximum absolute atomic E-state index is 5.26. The van der Waals surface area contributed by atoms with Crippen LogP contribution in [-0.2, 0) is 0 Å². The van der Waals surface area contributed by atoms with Crippen molar-refractivity contribution in [1.29, 1.82) is 0 Å². The number of hydrogen-bond acceptors (Lipinski definition) is 3. The Hall–Kier alpha value is -6.15. The predicted octanol–water partition coefficient (Wildman–Crippen LogP) is 11.4. The van der Waals surface area contributed by atoms with E-state index in [9.17, 15) is 0 Å². The molecule has 0 spiro atoms. The maximum atomic E-state index is 5.26. The largest absolute Gasteiger partial charge is 0.264 e. The Morgan fingerprint density at radius 3 is 2.32 bits per heavy atom. The fourth-order valence-electron chi connectivity index (χ4n) is 7.67. The van der Waals surface area contributed by atoms with Gasteiger partial charge in [-0.25, -0.2) is 9.97 Å². The van der Waals surface area contributed by atoms with E-state index in [0.29, 0.717) is 11.8 Å². The average Bonchev–Trinajstić information content (AvgIpc) is 3.73. The highest BCUT2D eigenvalue weighted by Crippen LogP contribution is 2.57. The predicted molar refractivity (Wildman–Crippen MR) is 205 cm³/mol. The molecule has 3 aromatic carbocycles. The lowest BCUT2D eigenvalue weighted by Gasteiger charge is -2.22. The molecule has 3 heteroatoms. The van der Waals surface area contributed by atoms with Crippen LogP contribution in [0.1, 0.15) is 30.5 Å². The van der Waals surface area contributed by atoms with Gasteiger partial charge in [0.25, 0.3) is 0 Å². The molecule has 0 N–H and O–H groups in total. The van der Waals surface area contributed by atoms with E-state index in [1.165, 1.54) is 34.3 Å². The van der Waals surface area contributed by atoms with Crippen LogP contribution in [0.15, 0.2) is 181 Å². The average molecular weight is 642 g/mol. The van der Waals surface area contributed by atoms with Crippen molar-refractivity contribution in [2.24, 2.45) is 11.8 Å². The van der Waals surface area contributed by atoms with Gasteiger partial charge in [0.1, 0.15) is 0 Å². The standard InChI is InChI=1S/C47H35N3/c1-2-3-8-31-9-4-11-37(27-31)32-18-22-36(23-19-32)47-49-43(35-20-16-33(17-21-35)40-14-7-26-48-30-40)29-44(50-47)38-12-5-13-39(28-38)45-42-25-24-34-10-6-15-41(34)46(42)45/h2-4,7-12,14-27,29-30,39,46H,1,5,13,28H2/b8-3-/t39?,46-/m0/s1. The Morgan fingerprint density at radius 1 is 0.720 bits per heavy atom. The summed E-state index contributed by atoms with van der Waals surface area (Å²) in [6, 6.07) is 32.1. The molecule has 0 aliphatic heterocycles. The van der Waals surface area contributed by atoms with Crippen molar-refractivity contribution in [3.05, 3.63) is 192 Å². The summed E-state index contributed by atoms with van der Waals surface area (Å²) in [5, 5.41) is 0. The van der Waals surface area contributed by atoms with Crippen LogP contribution in [0.25, 0.3) is 56.5 Å². The first-order chi connectivity index (χ1) is 24.7. The van der Waals surface area contributed by atoms with E-state index >= 15 is 0 Å². The second kappa shape index (κ2) is 12.7. The first-order valence-electron chi connectivity index (χ1n) is 17.4. The molecular formula is C47H35N3. The number of nitrogens with zero attached hydrogens (tertiary/aromatic N) is 3. The maximum Gasteiger partial charge on any atom is 0.160 e. The third kappa shape index (κ3) is 5.68. The minimum atomic E-state index is 0.484. The van der Waals surface area contributed by atoms with Gasteiger partial charge < -0.3 is 0 Å². The fraction of sp³-hybridized carbons (Fsp3) is 0.106. The number of hydrogen-bond donors (Lipinski definition) is 0. The summed E-state index contributed by atoms with van der Waals surface area (Å²) in [5.41, 5.74) is 20.2. The Labute approximate surface area is 293 Å². The van der Waals surface area contributed by atoms with E-state index in [1.54, 1.807) is 17.8 Å². The Balaban J connectivity index is 1.06. The summed E-state index contributed by atoms with van der Waals surface area (Å²) in [6.07, 6.45) is 24.1. The summed E-state index contributed by atoms with van der Waals surface area (Å²) in [7, 11) is 0. The van der Waals surface area contributed by atoms with Crippen molar-refractivity contribution in [3.8, 4) is 44.9 Å². The van der Waals surface area contributed by atoms with Crippen molar-refractivity contribution < 1.29 is 0 Å². The zero-order valence-electron chi connectivity index (χ0n) is 27.8. The van der Waals surface area contributed by atoms with Crippen molar-refractivity contribution >= 4 is 11.6 Å². The molecule has 0 fully saturated rings. The quantitative estimate of drug-likeness (QED) is 0.125. The molecule has 2 aromatic heterocycles. The van der Waals surface area contributed by atoms with Gasteiger partial charge in [-0.05, 0) is 106 Å². The van der Waals surface area contributed by atoms with Gasteiger partial charge in [0.2, 0.25) is 0 Å². The molecule has 5 aromatic rings. The molecule has 0 bridgehead atoms. The smallest absolute Gasteiger partial charge is 0.160 e. The van der Waals surface area contributed by atoms with Crippen LogP contribution in [0.3, 0.4) is 0 Å². The van der Waals surface area contributed by atoms with Crippen molar-refractivity contribution in [2.45, 2.75) is 19.3 Å². The highest BCUT2D eigenvalue weighted by molar-refractivity contribution is 5.77. The molecule has 2 atom stereocenters. The summed E-state index contributed by atoms with van der Waals surface area (Å²) in [6.45, 7) is 3.80. The molecule has 2 heterocycles. The second-order valence-electron chi connectivity index (χ2n) is 13.3. The van der Waals surface area contributed by atoms with Crippen molar-refractivity contribution in [2.75, 3.05) is 0 Å². The normalized spacial score (nSPS) is 18.8. The van der Waals surface area contributed by atoms with Gasteiger partial charge in [-0.15, -0.1) is 5.73 Å². The Bertz CT molecular complexity index is 2380. The fourth-order valence-corrected chi connectivity index (χ4v) is 7.67. The molecule has 0 saturated carbocycles. The van der Waals surface area contributed by atoms with Gasteiger partial charge in [0.15, 0.2) is 5.82 Å². The lowest BCUT2D eigenvalue weighted by Crippen LogP contribution is -2.09. The van der Waals surface area contributed by atoms with E-state index in [2.05, 4.69) is 139 Å². The van der Waals surface area contributed by atoms with Crippen LogP contribution in [0.5, 0.6) is 0 Å². The number of aromatic nitrogens is 3. The number of rotatable bonds is 8. The molecule has 0 radical (unpaired) electrons. The number of allylic oxidation sites excluding steroid dienone is 11. The number of pyridine rings is 1. The van der Waals surface area contributed by atoms with Crippen LogP contribution in [0.4, 0.5) is 0 Å². The molecule has 0 amide bonds. The summed E-state index contributed by atoms with van der Waals surface area (Å²) in [5.74, 6) is 1.75. The molecular weight excluding hydrogens is 607 g/mol. The molecule has 3 nitrogen and oxygen atoms in total. The molecule has 50 heavy (non-hydrogen) atoms. The molecule has 1 unspecified atom stereocenters. The van der Waals surface area contributed by atoms with Crippen LogP contribution < -0.4 is 0 Å². The van der Waals surface area contributed by atoms with Crippen LogP contribution in [-0.4, -0.2) is 15.0 Å². The van der Waals surface area contributed by atoms with Crippen molar-refractivity contribution in [1.82, 2.24) is 15.0 Å². The highest BCUT2D eigenvalue weighted by Gasteiger charge is 2.44. The lowest BCUT2D eigenvalue weighted by atomic mass is 9.83. The van der Waals surface area contributed by atoms with Crippen LogP contribution >= 0.6 is 0 Å². The van der Waals surface area contributed by atoms with Gasteiger partial charge in [0.05, 0.1) is 11.4 Å². The topological polar surface area (TPSA) is 38.7 Å². The zero-order chi connectivity index (χ0) is 33.4. The Kier molecular flexibility index (Phi) is 7.61. The van der Waals surface area contributed by atoms with Gasteiger partial charge in [-0.2, -0.15) is 0 Å². The van der Waals surface area contributed by atoms with E-state index < -0.39 is 0 Å². The number of benzene rings is 3. The van der Waals surface area contributed by atoms with Crippen LogP contribution in [0.2, 0.25) is 0 Å². The Morgan fingerprint density at radius 2 is 1.50 bits per heavy atom. The third-order valence-electron chi connectivity index (χ3n) is 10.3. The zero-order valence-corrected chi connectivity index (χ0v) is 27.8.